The zero-order valence-electron chi connectivity index (χ0n) is 22.9. The summed E-state index contributed by atoms with van der Waals surface area (Å²) in [7, 11) is 0. The normalized spacial score (nSPS) is 17.7. The average Bonchev–Trinajstić information content (AvgIpc) is 2.92. The number of aliphatic hydroxyl groups is 1. The maximum absolute atomic E-state index is 10.5. The van der Waals surface area contributed by atoms with Crippen LogP contribution in [0.15, 0.2) is 81.6 Å². The van der Waals surface area contributed by atoms with E-state index in [2.05, 4.69) is 38.8 Å². The van der Waals surface area contributed by atoms with Crippen LogP contribution < -0.4 is 10.8 Å². The van der Waals surface area contributed by atoms with Crippen molar-refractivity contribution < 1.29 is 15.4 Å². The number of aliphatic imine (C=N–C) groups is 2. The predicted molar refractivity (Wildman–Crippen MR) is 159 cm³/mol. The molecule has 0 radical (unpaired) electrons. The van der Waals surface area contributed by atoms with Crippen LogP contribution in [0.5, 0.6) is 0 Å². The summed E-state index contributed by atoms with van der Waals surface area (Å²) in [5.74, 6) is 0. The molecule has 1 aliphatic rings. The summed E-state index contributed by atoms with van der Waals surface area (Å²) in [5, 5.41) is 21.9. The molecule has 4 N–H and O–H groups in total. The van der Waals surface area contributed by atoms with Crippen molar-refractivity contribution in [3.63, 3.8) is 0 Å². The first-order chi connectivity index (χ1) is 18.1. The van der Waals surface area contributed by atoms with Crippen molar-refractivity contribution in [2.24, 2.45) is 9.98 Å². The number of hydrogen-bond acceptors (Lipinski definition) is 7. The summed E-state index contributed by atoms with van der Waals surface area (Å²) in [4.78, 5) is 13.1. The molecule has 208 valence electrons. The summed E-state index contributed by atoms with van der Waals surface area (Å²) < 4.78 is 0. The average molecular weight is 535 g/mol. The van der Waals surface area contributed by atoms with Crippen molar-refractivity contribution in [2.45, 2.75) is 84.2 Å². The van der Waals surface area contributed by atoms with E-state index in [1.165, 1.54) is 0 Å². The minimum absolute atomic E-state index is 0.00866. The Bertz CT molecular complexity index is 814. The lowest BCUT2D eigenvalue weighted by Crippen LogP contribution is -2.30. The molecule has 0 aromatic heterocycles. The summed E-state index contributed by atoms with van der Waals surface area (Å²) in [6.45, 7) is 9.14. The highest BCUT2D eigenvalue weighted by molar-refractivity contribution is 6.22. The molecule has 1 rings (SSSR count). The van der Waals surface area contributed by atoms with E-state index in [4.69, 9.17) is 16.9 Å². The zero-order chi connectivity index (χ0) is 27.6. The van der Waals surface area contributed by atoms with E-state index in [0.29, 0.717) is 25.2 Å². The van der Waals surface area contributed by atoms with E-state index in [0.717, 1.165) is 49.8 Å². The van der Waals surface area contributed by atoms with E-state index in [1.54, 1.807) is 0 Å². The fraction of sp³-hybridized carbons (Fsp3) is 0.517. The maximum atomic E-state index is 10.5. The lowest BCUT2D eigenvalue weighted by atomic mass is 10.1. The number of nitrogens with zero attached hydrogens (tertiary/aromatic N) is 2. The second-order valence-corrected chi connectivity index (χ2v) is 8.46. The first-order valence-electron chi connectivity index (χ1n) is 13.3. The molecule has 0 aromatic rings. The van der Waals surface area contributed by atoms with Gasteiger partial charge in [-0.15, -0.1) is 16.6 Å². The van der Waals surface area contributed by atoms with Gasteiger partial charge in [0.1, 0.15) is 6.23 Å². The van der Waals surface area contributed by atoms with Gasteiger partial charge in [-0.05, 0) is 44.6 Å². The van der Waals surface area contributed by atoms with Crippen molar-refractivity contribution in [3.8, 4) is 0 Å². The first kappa shape index (κ1) is 34.9. The van der Waals surface area contributed by atoms with Crippen LogP contribution in [-0.2, 0) is 4.99 Å². The Morgan fingerprint density at radius 2 is 1.95 bits per heavy atom. The first-order valence-corrected chi connectivity index (χ1v) is 13.7. The van der Waals surface area contributed by atoms with Crippen molar-refractivity contribution in [2.75, 3.05) is 13.1 Å². The van der Waals surface area contributed by atoms with Gasteiger partial charge in [0.2, 0.25) is 0 Å². The maximum Gasteiger partial charge on any atom is 0.108 e. The Hall–Kier alpha value is -2.13. The number of nitrogens with one attached hydrogen (secondary N) is 2. The molecule has 0 fully saturated rings. The molecule has 37 heavy (non-hydrogen) atoms. The van der Waals surface area contributed by atoms with Crippen molar-refractivity contribution >= 4 is 24.0 Å². The summed E-state index contributed by atoms with van der Waals surface area (Å²) in [6.07, 6.45) is 26.6. The van der Waals surface area contributed by atoms with Gasteiger partial charge in [-0.1, -0.05) is 75.5 Å². The molecule has 8 heteroatoms. The van der Waals surface area contributed by atoms with E-state index in [-0.39, 0.29) is 5.38 Å². The molecule has 0 bridgehead atoms. The number of halogens is 1. The molecule has 0 aliphatic heterocycles. The minimum atomic E-state index is -0.717. The molecular formula is C29H47ClN4O3. The van der Waals surface area contributed by atoms with Gasteiger partial charge < -0.3 is 5.11 Å². The Kier molecular flexibility index (Phi) is 24.0. The Morgan fingerprint density at radius 3 is 2.65 bits per heavy atom. The van der Waals surface area contributed by atoms with Crippen molar-refractivity contribution in [1.82, 2.24) is 10.8 Å². The third-order valence-corrected chi connectivity index (χ3v) is 5.25. The molecular weight excluding hydrogens is 488 g/mol. The van der Waals surface area contributed by atoms with Crippen molar-refractivity contribution in [3.05, 3.63) is 71.7 Å². The fourth-order valence-electron chi connectivity index (χ4n) is 3.10. The van der Waals surface area contributed by atoms with Gasteiger partial charge in [-0.25, -0.2) is 5.26 Å². The van der Waals surface area contributed by atoms with Gasteiger partial charge in [0.05, 0.1) is 16.8 Å². The van der Waals surface area contributed by atoms with E-state index in [9.17, 15) is 5.11 Å². The van der Waals surface area contributed by atoms with Gasteiger partial charge in [0.15, 0.2) is 0 Å². The van der Waals surface area contributed by atoms with Crippen LogP contribution >= 0.6 is 11.6 Å². The highest BCUT2D eigenvalue weighted by Gasteiger charge is 2.09. The van der Waals surface area contributed by atoms with Gasteiger partial charge in [0, 0.05) is 38.4 Å². The Morgan fingerprint density at radius 1 is 1.19 bits per heavy atom. The van der Waals surface area contributed by atoms with Crippen LogP contribution in [0.3, 0.4) is 0 Å². The summed E-state index contributed by atoms with van der Waals surface area (Å²) in [5.41, 5.74) is 4.94. The number of alkyl halides is 1. The van der Waals surface area contributed by atoms with Crippen LogP contribution in [0.2, 0.25) is 0 Å². The van der Waals surface area contributed by atoms with Crippen LogP contribution in [0.4, 0.5) is 0 Å². The number of unbranched alkanes of at least 4 members (excludes halogenated alkanes) is 2. The lowest BCUT2D eigenvalue weighted by Gasteiger charge is -2.15. The molecule has 0 saturated carbocycles. The van der Waals surface area contributed by atoms with Crippen LogP contribution in [0.1, 0.15) is 72.6 Å². The third kappa shape index (κ3) is 19.6. The van der Waals surface area contributed by atoms with Gasteiger partial charge >= 0.3 is 0 Å². The lowest BCUT2D eigenvalue weighted by molar-refractivity contribution is -0.291. The number of hydrogen-bond donors (Lipinski definition) is 4. The monoisotopic (exact) mass is 534 g/mol. The number of rotatable bonds is 18. The second kappa shape index (κ2) is 25.5. The molecule has 2 unspecified atom stereocenters. The molecule has 0 amide bonds. The zero-order valence-corrected chi connectivity index (χ0v) is 23.7. The number of hydroxylamine groups is 1. The van der Waals surface area contributed by atoms with E-state index >= 15 is 0 Å². The van der Waals surface area contributed by atoms with Crippen LogP contribution in [0, 0.1) is 0 Å². The van der Waals surface area contributed by atoms with Gasteiger partial charge in [-0.2, -0.15) is 5.48 Å². The number of aliphatic hydroxyl groups excluding tert-OH is 1. The molecule has 1 aliphatic carbocycles. The molecule has 7 nitrogen and oxygen atoms in total. The SMILES string of the molecule is C/C=C(N=CC/C=C\C=C/CC)\C(=C/CC(O)NCC1=CC(Cl)CC=C1)N=CCCCCNOO.CC. The molecule has 0 heterocycles. The fourth-order valence-corrected chi connectivity index (χ4v) is 3.37. The van der Waals surface area contributed by atoms with E-state index < -0.39 is 6.23 Å². The molecule has 2 atom stereocenters. The largest absolute Gasteiger partial charge is 0.378 e. The minimum Gasteiger partial charge on any atom is -0.378 e. The number of allylic oxidation sites excluding steroid dienone is 7. The van der Waals surface area contributed by atoms with Crippen molar-refractivity contribution in [1.29, 1.82) is 0 Å². The van der Waals surface area contributed by atoms with Crippen LogP contribution in [0.25, 0.3) is 0 Å². The quantitative estimate of drug-likeness (QED) is 0.0294. The van der Waals surface area contributed by atoms with Gasteiger partial charge in [0.25, 0.3) is 0 Å². The predicted octanol–water partition coefficient (Wildman–Crippen LogP) is 6.81. The third-order valence-electron chi connectivity index (χ3n) is 4.95. The molecule has 0 aromatic carbocycles. The topological polar surface area (TPSA) is 98.5 Å². The molecule has 0 spiro atoms. The standard InChI is InChI=1S/C27H41ClN4O3.C2H6/c1-3-5-6-7-8-10-18-29-25(4-2)26(30-19-11-9-12-20-32-35-34)16-17-27(33)31-22-23-14-13-15-24(28)21-23;1-2/h4-8,13-14,16,18-19,21,24,27,31-34H,3,9-12,15,17,20,22H2,1-2H3;1-2H3/b6-5-,8-7-,25-4+,26-16+,29-18?,30-19?;. The van der Waals surface area contributed by atoms with Crippen LogP contribution in [-0.4, -0.2) is 47.5 Å². The highest BCUT2D eigenvalue weighted by Crippen LogP contribution is 2.16. The van der Waals surface area contributed by atoms with Gasteiger partial charge in [-0.3, -0.25) is 15.3 Å². The molecule has 0 saturated heterocycles. The summed E-state index contributed by atoms with van der Waals surface area (Å²) in [6, 6.07) is 0. The second-order valence-electron chi connectivity index (χ2n) is 7.90. The Balaban J connectivity index is 0.00000631. The summed E-state index contributed by atoms with van der Waals surface area (Å²) >= 11 is 6.17. The smallest absolute Gasteiger partial charge is 0.108 e. The van der Waals surface area contributed by atoms with E-state index in [1.807, 2.05) is 81.8 Å². The highest BCUT2D eigenvalue weighted by atomic mass is 35.5. The Labute approximate surface area is 229 Å².